The van der Waals surface area contributed by atoms with Gasteiger partial charge in [-0.05, 0) is 37.6 Å². The first-order chi connectivity index (χ1) is 9.04. The first-order valence-corrected chi connectivity index (χ1v) is 6.16. The molecule has 0 atom stereocenters. The third kappa shape index (κ3) is 4.92. The van der Waals surface area contributed by atoms with E-state index in [0.717, 1.165) is 5.56 Å². The summed E-state index contributed by atoms with van der Waals surface area (Å²) in [5.41, 5.74) is 0.763. The van der Waals surface area contributed by atoms with Crippen LogP contribution in [0.5, 0.6) is 0 Å². The van der Waals surface area contributed by atoms with Gasteiger partial charge in [-0.1, -0.05) is 12.1 Å². The van der Waals surface area contributed by atoms with Gasteiger partial charge < -0.3 is 4.90 Å². The van der Waals surface area contributed by atoms with Crippen LogP contribution < -0.4 is 0 Å². The largest absolute Gasteiger partial charge is 0.336 e. The number of carbonyl (C=O) groups excluding carboxylic acids is 1. The van der Waals surface area contributed by atoms with E-state index >= 15 is 0 Å². The topological polar surface area (TPSA) is 44.1 Å². The Bertz CT molecular complexity index is 486. The molecule has 0 aliphatic rings. The average molecular weight is 260 g/mol. The van der Waals surface area contributed by atoms with Crippen LogP contribution in [0.4, 0.5) is 4.39 Å². The van der Waals surface area contributed by atoms with Crippen LogP contribution in [0.1, 0.15) is 25.8 Å². The van der Waals surface area contributed by atoms with E-state index in [-0.39, 0.29) is 17.8 Å². The van der Waals surface area contributed by atoms with Gasteiger partial charge in [-0.3, -0.25) is 4.79 Å². The van der Waals surface area contributed by atoms with E-state index in [1.165, 1.54) is 18.2 Å². The molecule has 0 radical (unpaired) electrons. The molecule has 0 saturated heterocycles. The lowest BCUT2D eigenvalue weighted by atomic mass is 10.2. The number of hydrogen-bond acceptors (Lipinski definition) is 2. The van der Waals surface area contributed by atoms with Crippen LogP contribution in [0.25, 0.3) is 6.08 Å². The summed E-state index contributed by atoms with van der Waals surface area (Å²) in [6.45, 7) is 4.22. The van der Waals surface area contributed by atoms with Gasteiger partial charge in [-0.25, -0.2) is 4.39 Å². The summed E-state index contributed by atoms with van der Waals surface area (Å²) in [5, 5.41) is 8.57. The fraction of sp³-hybridized carbons (Fsp3) is 0.333. The normalized spacial score (nSPS) is 10.7. The highest BCUT2D eigenvalue weighted by atomic mass is 19.1. The quantitative estimate of drug-likeness (QED) is 0.764. The van der Waals surface area contributed by atoms with Gasteiger partial charge in [0.1, 0.15) is 5.82 Å². The summed E-state index contributed by atoms with van der Waals surface area (Å²) in [4.78, 5) is 13.6. The van der Waals surface area contributed by atoms with Crippen molar-refractivity contribution in [3.8, 4) is 6.07 Å². The fourth-order valence-electron chi connectivity index (χ4n) is 1.63. The number of rotatable bonds is 5. The Kier molecular flexibility index (Phi) is 5.74. The van der Waals surface area contributed by atoms with Crippen molar-refractivity contribution in [2.45, 2.75) is 26.3 Å². The Morgan fingerprint density at radius 2 is 2.05 bits per heavy atom. The van der Waals surface area contributed by atoms with Crippen LogP contribution in [0.3, 0.4) is 0 Å². The maximum atomic E-state index is 12.7. The highest BCUT2D eigenvalue weighted by Gasteiger charge is 2.13. The van der Waals surface area contributed by atoms with E-state index in [1.807, 2.05) is 19.9 Å². The molecule has 0 heterocycles. The lowest BCUT2D eigenvalue weighted by molar-refractivity contribution is -0.127. The van der Waals surface area contributed by atoms with Crippen molar-refractivity contribution in [2.75, 3.05) is 6.54 Å². The molecule has 4 heteroatoms. The van der Waals surface area contributed by atoms with Crippen LogP contribution >= 0.6 is 0 Å². The third-order valence-corrected chi connectivity index (χ3v) is 2.66. The lowest BCUT2D eigenvalue weighted by Crippen LogP contribution is -2.36. The van der Waals surface area contributed by atoms with Crippen LogP contribution in [-0.2, 0) is 4.79 Å². The van der Waals surface area contributed by atoms with E-state index in [0.29, 0.717) is 13.0 Å². The maximum Gasteiger partial charge on any atom is 0.246 e. The fourth-order valence-corrected chi connectivity index (χ4v) is 1.63. The van der Waals surface area contributed by atoms with Crippen molar-refractivity contribution in [2.24, 2.45) is 0 Å². The van der Waals surface area contributed by atoms with Crippen molar-refractivity contribution in [1.29, 1.82) is 5.26 Å². The molecular weight excluding hydrogens is 243 g/mol. The van der Waals surface area contributed by atoms with E-state index in [9.17, 15) is 9.18 Å². The number of hydrogen-bond donors (Lipinski definition) is 0. The van der Waals surface area contributed by atoms with Gasteiger partial charge in [0.2, 0.25) is 5.91 Å². The Morgan fingerprint density at radius 1 is 1.42 bits per heavy atom. The number of halogens is 1. The number of amides is 1. The minimum absolute atomic E-state index is 0.0405. The molecule has 1 aromatic rings. The molecule has 19 heavy (non-hydrogen) atoms. The summed E-state index contributed by atoms with van der Waals surface area (Å²) >= 11 is 0. The molecule has 0 N–H and O–H groups in total. The molecule has 1 aromatic carbocycles. The predicted molar refractivity (Wildman–Crippen MR) is 72.5 cm³/mol. The molecule has 1 rings (SSSR count). The predicted octanol–water partition coefficient (Wildman–Crippen LogP) is 2.99. The average Bonchev–Trinajstić information content (AvgIpc) is 2.38. The van der Waals surface area contributed by atoms with Gasteiger partial charge in [-0.2, -0.15) is 5.26 Å². The number of carbonyl (C=O) groups is 1. The molecule has 0 aliphatic carbocycles. The van der Waals surface area contributed by atoms with E-state index < -0.39 is 0 Å². The zero-order valence-electron chi connectivity index (χ0n) is 11.1. The lowest BCUT2D eigenvalue weighted by Gasteiger charge is -2.24. The highest BCUT2D eigenvalue weighted by molar-refractivity contribution is 5.91. The Balaban J connectivity index is 2.70. The van der Waals surface area contributed by atoms with Gasteiger partial charge in [0, 0.05) is 18.7 Å². The molecule has 0 fully saturated rings. The first-order valence-electron chi connectivity index (χ1n) is 6.16. The van der Waals surface area contributed by atoms with E-state index in [2.05, 4.69) is 0 Å². The second kappa shape index (κ2) is 7.32. The summed E-state index contributed by atoms with van der Waals surface area (Å²) < 4.78 is 12.7. The number of nitrogens with zero attached hydrogens (tertiary/aromatic N) is 2. The van der Waals surface area contributed by atoms with Crippen molar-refractivity contribution >= 4 is 12.0 Å². The molecular formula is C15H17FN2O. The molecule has 3 nitrogen and oxygen atoms in total. The molecule has 0 spiro atoms. The molecule has 0 unspecified atom stereocenters. The standard InChI is InChI=1S/C15H17FN2O/c1-12(2)18(11-3-10-17)15(19)9-6-13-4-7-14(16)8-5-13/h4-9,12H,3,11H2,1-2H3. The monoisotopic (exact) mass is 260 g/mol. The van der Waals surface area contributed by atoms with Gasteiger partial charge in [0.05, 0.1) is 12.5 Å². The minimum atomic E-state index is -0.304. The zero-order chi connectivity index (χ0) is 14.3. The second-order valence-electron chi connectivity index (χ2n) is 4.42. The van der Waals surface area contributed by atoms with Crippen LogP contribution in [0, 0.1) is 17.1 Å². The van der Waals surface area contributed by atoms with Gasteiger partial charge in [0.15, 0.2) is 0 Å². The second-order valence-corrected chi connectivity index (χ2v) is 4.42. The summed E-state index contributed by atoms with van der Waals surface area (Å²) in [7, 11) is 0. The van der Waals surface area contributed by atoms with E-state index in [1.54, 1.807) is 23.1 Å². The summed E-state index contributed by atoms with van der Waals surface area (Å²) in [5.74, 6) is -0.448. The smallest absolute Gasteiger partial charge is 0.246 e. The van der Waals surface area contributed by atoms with Crippen LogP contribution in [-0.4, -0.2) is 23.4 Å². The molecule has 100 valence electrons. The third-order valence-electron chi connectivity index (χ3n) is 2.66. The SMILES string of the molecule is CC(C)N(CCC#N)C(=O)C=Cc1ccc(F)cc1. The van der Waals surface area contributed by atoms with Crippen molar-refractivity contribution in [1.82, 2.24) is 4.90 Å². The molecule has 0 saturated carbocycles. The highest BCUT2D eigenvalue weighted by Crippen LogP contribution is 2.07. The van der Waals surface area contributed by atoms with Gasteiger partial charge >= 0.3 is 0 Å². The zero-order valence-corrected chi connectivity index (χ0v) is 11.1. The maximum absolute atomic E-state index is 12.7. The number of benzene rings is 1. The van der Waals surface area contributed by atoms with Crippen molar-refractivity contribution in [3.05, 3.63) is 41.7 Å². The molecule has 1 amide bonds. The Hall–Kier alpha value is -2.15. The molecule has 0 aliphatic heterocycles. The minimum Gasteiger partial charge on any atom is -0.336 e. The van der Waals surface area contributed by atoms with Gasteiger partial charge in [0.25, 0.3) is 0 Å². The van der Waals surface area contributed by atoms with Crippen LogP contribution in [0.15, 0.2) is 30.3 Å². The number of nitriles is 1. The summed E-state index contributed by atoms with van der Waals surface area (Å²) in [6, 6.07) is 7.97. The van der Waals surface area contributed by atoms with Crippen molar-refractivity contribution in [3.63, 3.8) is 0 Å². The summed E-state index contributed by atoms with van der Waals surface area (Å²) in [6.07, 6.45) is 3.41. The molecule has 0 aromatic heterocycles. The Morgan fingerprint density at radius 3 is 2.58 bits per heavy atom. The molecule has 0 bridgehead atoms. The first kappa shape index (κ1) is 14.9. The van der Waals surface area contributed by atoms with Crippen molar-refractivity contribution < 1.29 is 9.18 Å². The van der Waals surface area contributed by atoms with Gasteiger partial charge in [-0.15, -0.1) is 0 Å². The van der Waals surface area contributed by atoms with E-state index in [4.69, 9.17) is 5.26 Å². The Labute approximate surface area is 113 Å². The van der Waals surface area contributed by atoms with Crippen LogP contribution in [0.2, 0.25) is 0 Å².